The Hall–Kier alpha value is -2.73. The van der Waals surface area contributed by atoms with E-state index < -0.39 is 5.82 Å². The van der Waals surface area contributed by atoms with Gasteiger partial charge in [0, 0.05) is 25.8 Å². The Labute approximate surface area is 146 Å². The Balaban J connectivity index is 1.91. The zero-order valence-corrected chi connectivity index (χ0v) is 14.4. The van der Waals surface area contributed by atoms with E-state index in [0.29, 0.717) is 17.9 Å². The van der Waals surface area contributed by atoms with Crippen molar-refractivity contribution >= 4 is 23.1 Å². The standard InChI is InChI=1S/C19H21FN4O/c1-23-10-11-24(2)18(13-23)22-17-9-8-14(20)12-16(17)19(25)21-15-6-4-3-5-7-15/h3-9,12H,10-11,13H2,1-2H3,(H,21,25). The molecule has 0 aliphatic carbocycles. The minimum Gasteiger partial charge on any atom is -0.361 e. The second kappa shape index (κ2) is 7.44. The van der Waals surface area contributed by atoms with Crippen molar-refractivity contribution in [3.63, 3.8) is 0 Å². The molecule has 130 valence electrons. The molecule has 0 saturated carbocycles. The fraction of sp³-hybridized carbons (Fsp3) is 0.263. The lowest BCUT2D eigenvalue weighted by atomic mass is 10.1. The van der Waals surface area contributed by atoms with Crippen molar-refractivity contribution in [2.24, 2.45) is 4.99 Å². The minimum absolute atomic E-state index is 0.220. The molecular weight excluding hydrogens is 319 g/mol. The summed E-state index contributed by atoms with van der Waals surface area (Å²) in [6.45, 7) is 2.51. The molecule has 2 aromatic carbocycles. The summed E-state index contributed by atoms with van der Waals surface area (Å²) in [4.78, 5) is 21.4. The van der Waals surface area contributed by atoms with Crippen LogP contribution in [0.1, 0.15) is 10.4 Å². The number of carbonyl (C=O) groups excluding carboxylic acids is 1. The van der Waals surface area contributed by atoms with Crippen LogP contribution in [0.2, 0.25) is 0 Å². The molecule has 1 heterocycles. The van der Waals surface area contributed by atoms with Gasteiger partial charge in [-0.05, 0) is 37.4 Å². The van der Waals surface area contributed by atoms with Crippen molar-refractivity contribution in [2.75, 3.05) is 39.0 Å². The highest BCUT2D eigenvalue weighted by atomic mass is 19.1. The highest BCUT2D eigenvalue weighted by molar-refractivity contribution is 6.08. The summed E-state index contributed by atoms with van der Waals surface area (Å²) in [5, 5.41) is 2.78. The second-order valence-corrected chi connectivity index (χ2v) is 6.17. The van der Waals surface area contributed by atoms with Crippen LogP contribution in [0.3, 0.4) is 0 Å². The third kappa shape index (κ3) is 4.22. The van der Waals surface area contributed by atoms with E-state index in [-0.39, 0.29) is 11.5 Å². The highest BCUT2D eigenvalue weighted by Crippen LogP contribution is 2.23. The van der Waals surface area contributed by atoms with Gasteiger partial charge in [0.1, 0.15) is 11.7 Å². The van der Waals surface area contributed by atoms with Gasteiger partial charge in [-0.25, -0.2) is 9.38 Å². The Morgan fingerprint density at radius 2 is 1.88 bits per heavy atom. The number of nitrogens with zero attached hydrogens (tertiary/aromatic N) is 3. The molecule has 0 radical (unpaired) electrons. The molecule has 5 nitrogen and oxygen atoms in total. The third-order valence-corrected chi connectivity index (χ3v) is 4.15. The van der Waals surface area contributed by atoms with Crippen molar-refractivity contribution in [3.8, 4) is 0 Å². The first-order chi connectivity index (χ1) is 12.0. The lowest BCUT2D eigenvalue weighted by Gasteiger charge is -2.32. The summed E-state index contributed by atoms with van der Waals surface area (Å²) >= 11 is 0. The number of para-hydroxylation sites is 1. The van der Waals surface area contributed by atoms with Gasteiger partial charge in [-0.15, -0.1) is 0 Å². The molecule has 3 rings (SSSR count). The molecule has 1 aliphatic heterocycles. The Bertz CT molecular complexity index is 791. The number of carbonyl (C=O) groups is 1. The van der Waals surface area contributed by atoms with Crippen LogP contribution in [0.4, 0.5) is 15.8 Å². The predicted octanol–water partition coefficient (Wildman–Crippen LogP) is 2.99. The molecule has 6 heteroatoms. The maximum Gasteiger partial charge on any atom is 0.257 e. The molecule has 0 unspecified atom stereocenters. The average Bonchev–Trinajstić information content (AvgIpc) is 2.60. The summed E-state index contributed by atoms with van der Waals surface area (Å²) in [5.41, 5.74) is 1.34. The number of piperazine rings is 1. The van der Waals surface area contributed by atoms with Crippen LogP contribution in [0.5, 0.6) is 0 Å². The van der Waals surface area contributed by atoms with Gasteiger partial charge >= 0.3 is 0 Å². The number of aliphatic imine (C=N–C) groups is 1. The quantitative estimate of drug-likeness (QED) is 0.934. The first kappa shape index (κ1) is 17.1. The van der Waals surface area contributed by atoms with E-state index in [4.69, 9.17) is 0 Å². The van der Waals surface area contributed by atoms with E-state index in [1.807, 2.05) is 32.3 Å². The summed E-state index contributed by atoms with van der Waals surface area (Å²) in [7, 11) is 4.00. The third-order valence-electron chi connectivity index (χ3n) is 4.15. The molecule has 1 N–H and O–H groups in total. The Morgan fingerprint density at radius 1 is 1.12 bits per heavy atom. The van der Waals surface area contributed by atoms with E-state index in [1.54, 1.807) is 18.2 Å². The number of hydrogen-bond acceptors (Lipinski definition) is 3. The van der Waals surface area contributed by atoms with Crippen molar-refractivity contribution in [3.05, 3.63) is 59.9 Å². The van der Waals surface area contributed by atoms with E-state index >= 15 is 0 Å². The summed E-state index contributed by atoms with van der Waals surface area (Å²) < 4.78 is 13.7. The molecule has 1 amide bonds. The van der Waals surface area contributed by atoms with Gasteiger partial charge in [0.15, 0.2) is 0 Å². The van der Waals surface area contributed by atoms with E-state index in [2.05, 4.69) is 20.1 Å². The average molecular weight is 340 g/mol. The van der Waals surface area contributed by atoms with E-state index in [9.17, 15) is 9.18 Å². The van der Waals surface area contributed by atoms with E-state index in [1.165, 1.54) is 12.1 Å². The number of anilines is 1. The molecule has 0 bridgehead atoms. The van der Waals surface area contributed by atoms with Gasteiger partial charge in [0.05, 0.1) is 17.8 Å². The number of amidine groups is 1. The molecule has 1 saturated heterocycles. The number of halogens is 1. The van der Waals surface area contributed by atoms with Gasteiger partial charge in [0.25, 0.3) is 5.91 Å². The van der Waals surface area contributed by atoms with Crippen molar-refractivity contribution < 1.29 is 9.18 Å². The highest BCUT2D eigenvalue weighted by Gasteiger charge is 2.19. The molecule has 0 aromatic heterocycles. The summed E-state index contributed by atoms with van der Waals surface area (Å²) in [5.74, 6) is 0.0160. The van der Waals surface area contributed by atoms with Crippen molar-refractivity contribution in [1.29, 1.82) is 0 Å². The van der Waals surface area contributed by atoms with Crippen LogP contribution < -0.4 is 5.32 Å². The number of likely N-dealkylation sites (N-methyl/N-ethyl adjacent to an activating group) is 2. The SMILES string of the molecule is CN1CCN(C)C(=Nc2ccc(F)cc2C(=O)Nc2ccccc2)C1. The Kier molecular flexibility index (Phi) is 5.09. The first-order valence-corrected chi connectivity index (χ1v) is 8.16. The molecule has 2 aromatic rings. The van der Waals surface area contributed by atoms with Crippen LogP contribution >= 0.6 is 0 Å². The topological polar surface area (TPSA) is 47.9 Å². The first-order valence-electron chi connectivity index (χ1n) is 8.16. The monoisotopic (exact) mass is 340 g/mol. The summed E-state index contributed by atoms with van der Waals surface area (Å²) in [6.07, 6.45) is 0. The zero-order valence-electron chi connectivity index (χ0n) is 14.4. The number of benzene rings is 2. The van der Waals surface area contributed by atoms with Gasteiger partial charge in [-0.2, -0.15) is 0 Å². The second-order valence-electron chi connectivity index (χ2n) is 6.17. The number of rotatable bonds is 3. The molecule has 0 atom stereocenters. The number of nitrogens with one attached hydrogen (secondary N) is 1. The fourth-order valence-corrected chi connectivity index (χ4v) is 2.66. The van der Waals surface area contributed by atoms with Crippen LogP contribution in [0.25, 0.3) is 0 Å². The van der Waals surface area contributed by atoms with Gasteiger partial charge in [-0.1, -0.05) is 18.2 Å². The zero-order chi connectivity index (χ0) is 17.8. The number of hydrogen-bond donors (Lipinski definition) is 1. The molecular formula is C19H21FN4O. The molecule has 1 aliphatic rings. The molecule has 25 heavy (non-hydrogen) atoms. The maximum absolute atomic E-state index is 13.7. The minimum atomic E-state index is -0.462. The van der Waals surface area contributed by atoms with Crippen LogP contribution in [-0.2, 0) is 0 Å². The van der Waals surface area contributed by atoms with Gasteiger partial charge < -0.3 is 10.2 Å². The summed E-state index contributed by atoms with van der Waals surface area (Å²) in [6, 6.07) is 13.2. The lowest BCUT2D eigenvalue weighted by molar-refractivity contribution is 0.102. The van der Waals surface area contributed by atoms with Crippen LogP contribution in [0.15, 0.2) is 53.5 Å². The van der Waals surface area contributed by atoms with Crippen molar-refractivity contribution in [2.45, 2.75) is 0 Å². The van der Waals surface area contributed by atoms with E-state index in [0.717, 1.165) is 18.9 Å². The van der Waals surface area contributed by atoms with Crippen molar-refractivity contribution in [1.82, 2.24) is 9.80 Å². The van der Waals surface area contributed by atoms with Crippen LogP contribution in [0, 0.1) is 5.82 Å². The molecule has 1 fully saturated rings. The predicted molar refractivity (Wildman–Crippen MR) is 98.0 cm³/mol. The smallest absolute Gasteiger partial charge is 0.257 e. The van der Waals surface area contributed by atoms with Gasteiger partial charge in [0.2, 0.25) is 0 Å². The fourth-order valence-electron chi connectivity index (χ4n) is 2.66. The largest absolute Gasteiger partial charge is 0.361 e. The molecule has 0 spiro atoms. The van der Waals surface area contributed by atoms with Crippen LogP contribution in [-0.4, -0.2) is 55.3 Å². The maximum atomic E-state index is 13.7. The normalized spacial score (nSPS) is 16.9. The number of amides is 1. The Morgan fingerprint density at radius 3 is 2.64 bits per heavy atom. The lowest BCUT2D eigenvalue weighted by Crippen LogP contribution is -2.46. The van der Waals surface area contributed by atoms with Gasteiger partial charge in [-0.3, -0.25) is 9.69 Å².